The minimum atomic E-state index is -0.170. The second kappa shape index (κ2) is 8.66. The summed E-state index contributed by atoms with van der Waals surface area (Å²) in [6.07, 6.45) is 0. The van der Waals surface area contributed by atoms with Gasteiger partial charge in [0.05, 0.1) is 31.0 Å². The summed E-state index contributed by atoms with van der Waals surface area (Å²) in [6.45, 7) is 9.12. The van der Waals surface area contributed by atoms with Gasteiger partial charge in [-0.3, -0.25) is 9.69 Å². The molecule has 7 heteroatoms. The number of carbonyl (C=O) groups excluding carboxylic acids is 1. The molecule has 1 aliphatic rings. The van der Waals surface area contributed by atoms with Crippen LogP contribution in [0.4, 0.5) is 0 Å². The Kier molecular flexibility index (Phi) is 6.29. The molecule has 0 bridgehead atoms. The van der Waals surface area contributed by atoms with Gasteiger partial charge in [-0.15, -0.1) is 0 Å². The van der Waals surface area contributed by atoms with Gasteiger partial charge >= 0.3 is 0 Å². The first-order chi connectivity index (χ1) is 12.5. The van der Waals surface area contributed by atoms with E-state index < -0.39 is 0 Å². The van der Waals surface area contributed by atoms with Crippen molar-refractivity contribution in [3.05, 3.63) is 51.8 Å². The molecule has 0 aliphatic carbocycles. The number of ether oxygens (including phenoxy) is 1. The summed E-state index contributed by atoms with van der Waals surface area (Å²) < 4.78 is 7.01. The highest BCUT2D eigenvalue weighted by atomic mass is 35.5. The van der Waals surface area contributed by atoms with Crippen LogP contribution in [0.5, 0.6) is 0 Å². The van der Waals surface area contributed by atoms with E-state index in [9.17, 15) is 4.79 Å². The average Bonchev–Trinajstić information content (AvgIpc) is 2.91. The van der Waals surface area contributed by atoms with Gasteiger partial charge in [-0.05, 0) is 19.4 Å². The monoisotopic (exact) mass is 376 g/mol. The highest BCUT2D eigenvalue weighted by molar-refractivity contribution is 6.33. The van der Waals surface area contributed by atoms with Crippen LogP contribution in [-0.4, -0.2) is 60.0 Å². The van der Waals surface area contributed by atoms with E-state index in [1.54, 1.807) is 4.68 Å². The number of nitrogens with one attached hydrogen (secondary N) is 1. The van der Waals surface area contributed by atoms with E-state index in [1.165, 1.54) is 5.56 Å². The Morgan fingerprint density at radius 1 is 1.23 bits per heavy atom. The van der Waals surface area contributed by atoms with Gasteiger partial charge in [0.25, 0.3) is 5.91 Å². The number of aryl methyl sites for hydroxylation is 2. The number of aromatic nitrogens is 2. The van der Waals surface area contributed by atoms with Crippen molar-refractivity contribution in [1.82, 2.24) is 20.0 Å². The molecule has 0 radical (unpaired) electrons. The number of nitrogens with zero attached hydrogens (tertiary/aromatic N) is 3. The lowest BCUT2D eigenvalue weighted by Crippen LogP contribution is -2.41. The lowest BCUT2D eigenvalue weighted by atomic mass is 10.1. The van der Waals surface area contributed by atoms with E-state index in [4.69, 9.17) is 16.3 Å². The maximum Gasteiger partial charge on any atom is 0.256 e. The lowest BCUT2D eigenvalue weighted by Gasteiger charge is -2.26. The van der Waals surface area contributed by atoms with Gasteiger partial charge in [0.1, 0.15) is 5.15 Å². The van der Waals surface area contributed by atoms with Crippen molar-refractivity contribution in [3.8, 4) is 0 Å². The molecule has 3 rings (SSSR count). The van der Waals surface area contributed by atoms with Crippen LogP contribution in [0, 0.1) is 13.8 Å². The molecule has 2 aromatic rings. The molecular formula is C19H25ClN4O2. The number of hydrogen-bond acceptors (Lipinski definition) is 4. The molecule has 1 aromatic heterocycles. The smallest absolute Gasteiger partial charge is 0.256 e. The van der Waals surface area contributed by atoms with Crippen molar-refractivity contribution in [2.45, 2.75) is 20.4 Å². The second-order valence-corrected chi connectivity index (χ2v) is 6.96. The van der Waals surface area contributed by atoms with Crippen molar-refractivity contribution in [1.29, 1.82) is 0 Å². The fraction of sp³-hybridized carbons (Fsp3) is 0.474. The zero-order chi connectivity index (χ0) is 18.5. The third kappa shape index (κ3) is 4.63. The minimum Gasteiger partial charge on any atom is -0.379 e. The molecule has 6 nitrogen and oxygen atoms in total. The number of amides is 1. The van der Waals surface area contributed by atoms with E-state index >= 15 is 0 Å². The van der Waals surface area contributed by atoms with Crippen LogP contribution < -0.4 is 5.32 Å². The Morgan fingerprint density at radius 3 is 2.62 bits per heavy atom. The maximum atomic E-state index is 12.5. The summed E-state index contributed by atoms with van der Waals surface area (Å²) in [4.78, 5) is 14.8. The van der Waals surface area contributed by atoms with E-state index in [0.29, 0.717) is 29.5 Å². The Morgan fingerprint density at radius 2 is 1.92 bits per heavy atom. The van der Waals surface area contributed by atoms with Crippen LogP contribution in [0.15, 0.2) is 24.3 Å². The van der Waals surface area contributed by atoms with Crippen molar-refractivity contribution < 1.29 is 9.53 Å². The highest BCUT2D eigenvalue weighted by Gasteiger charge is 2.20. The van der Waals surface area contributed by atoms with Gasteiger partial charge in [-0.2, -0.15) is 5.10 Å². The summed E-state index contributed by atoms with van der Waals surface area (Å²) in [7, 11) is 0. The Labute approximate surface area is 159 Å². The number of halogens is 1. The molecule has 1 aromatic carbocycles. The number of benzene rings is 1. The van der Waals surface area contributed by atoms with E-state index in [-0.39, 0.29) is 5.91 Å². The van der Waals surface area contributed by atoms with E-state index in [1.807, 2.05) is 26.0 Å². The summed E-state index contributed by atoms with van der Waals surface area (Å²) in [6, 6.07) is 8.20. The predicted molar refractivity (Wildman–Crippen MR) is 102 cm³/mol. The van der Waals surface area contributed by atoms with Gasteiger partial charge in [-0.1, -0.05) is 41.4 Å². The third-order valence-corrected chi connectivity index (χ3v) is 4.95. The predicted octanol–water partition coefficient (Wildman–Crippen LogP) is 2.26. The molecule has 1 aliphatic heterocycles. The molecule has 2 heterocycles. The Hall–Kier alpha value is -1.89. The van der Waals surface area contributed by atoms with Gasteiger partial charge < -0.3 is 10.1 Å². The molecule has 1 fully saturated rings. The molecule has 1 N–H and O–H groups in total. The molecule has 0 saturated carbocycles. The molecule has 0 unspecified atom stereocenters. The summed E-state index contributed by atoms with van der Waals surface area (Å²) >= 11 is 6.45. The third-order valence-electron chi connectivity index (χ3n) is 4.56. The van der Waals surface area contributed by atoms with Crippen LogP contribution in [-0.2, 0) is 11.3 Å². The van der Waals surface area contributed by atoms with Crippen LogP contribution >= 0.6 is 11.6 Å². The van der Waals surface area contributed by atoms with Crippen molar-refractivity contribution >= 4 is 17.5 Å². The van der Waals surface area contributed by atoms with E-state index in [2.05, 4.69) is 27.4 Å². The number of carbonyl (C=O) groups is 1. The molecule has 1 saturated heterocycles. The Bertz CT molecular complexity index is 752. The second-order valence-electron chi connectivity index (χ2n) is 6.60. The standard InChI is InChI=1S/C19H25ClN4O2/c1-14-3-5-16(6-4-14)13-24-18(20)17(15(2)22-24)19(25)21-7-8-23-9-11-26-12-10-23/h3-6H,7-13H2,1-2H3,(H,21,25). The lowest BCUT2D eigenvalue weighted by molar-refractivity contribution is 0.0383. The number of rotatable bonds is 6. The summed E-state index contributed by atoms with van der Waals surface area (Å²) in [5.74, 6) is -0.170. The van der Waals surface area contributed by atoms with Gasteiger partial charge in [0.2, 0.25) is 0 Å². The van der Waals surface area contributed by atoms with E-state index in [0.717, 1.165) is 38.4 Å². The molecule has 26 heavy (non-hydrogen) atoms. The SMILES string of the molecule is Cc1ccc(Cn2nc(C)c(C(=O)NCCN3CCOCC3)c2Cl)cc1. The molecule has 0 spiro atoms. The normalized spacial score (nSPS) is 15.2. The van der Waals surface area contributed by atoms with Crippen LogP contribution in [0.2, 0.25) is 5.15 Å². The van der Waals surface area contributed by atoms with Crippen LogP contribution in [0.3, 0.4) is 0 Å². The summed E-state index contributed by atoms with van der Waals surface area (Å²) in [5, 5.41) is 7.78. The summed E-state index contributed by atoms with van der Waals surface area (Å²) in [5.41, 5.74) is 3.41. The van der Waals surface area contributed by atoms with Crippen molar-refractivity contribution in [2.24, 2.45) is 0 Å². The molecule has 140 valence electrons. The fourth-order valence-corrected chi connectivity index (χ4v) is 3.34. The molecule has 1 amide bonds. The maximum absolute atomic E-state index is 12.5. The zero-order valence-corrected chi connectivity index (χ0v) is 16.1. The van der Waals surface area contributed by atoms with Gasteiger partial charge in [0.15, 0.2) is 0 Å². The number of morpholine rings is 1. The van der Waals surface area contributed by atoms with Crippen LogP contribution in [0.25, 0.3) is 0 Å². The fourth-order valence-electron chi connectivity index (χ4n) is 3.02. The minimum absolute atomic E-state index is 0.170. The first kappa shape index (κ1) is 18.9. The van der Waals surface area contributed by atoms with Gasteiger partial charge in [-0.25, -0.2) is 4.68 Å². The van der Waals surface area contributed by atoms with Crippen molar-refractivity contribution in [3.63, 3.8) is 0 Å². The van der Waals surface area contributed by atoms with Crippen molar-refractivity contribution in [2.75, 3.05) is 39.4 Å². The highest BCUT2D eigenvalue weighted by Crippen LogP contribution is 2.21. The molecule has 0 atom stereocenters. The number of hydrogen-bond donors (Lipinski definition) is 1. The largest absolute Gasteiger partial charge is 0.379 e. The topological polar surface area (TPSA) is 59.4 Å². The quantitative estimate of drug-likeness (QED) is 0.840. The molecular weight excluding hydrogens is 352 g/mol. The van der Waals surface area contributed by atoms with Gasteiger partial charge in [0, 0.05) is 26.2 Å². The average molecular weight is 377 g/mol. The first-order valence-corrected chi connectivity index (χ1v) is 9.29. The Balaban J connectivity index is 1.61. The van der Waals surface area contributed by atoms with Crippen LogP contribution in [0.1, 0.15) is 27.2 Å². The first-order valence-electron chi connectivity index (χ1n) is 8.91. The zero-order valence-electron chi connectivity index (χ0n) is 15.3.